The number of anilines is 1. The third-order valence-electron chi connectivity index (χ3n) is 3.66. The fraction of sp³-hybridized carbons (Fsp3) is 0.533. The number of hydrazone groups is 1. The molecule has 0 atom stereocenters. The first-order valence-electron chi connectivity index (χ1n) is 7.91. The highest BCUT2D eigenvalue weighted by Gasteiger charge is 2.25. The predicted molar refractivity (Wildman–Crippen MR) is 94.8 cm³/mol. The SMILES string of the molecule is CCC(CC)=NNc1ccc(S(=O)(=O)N(CC)CC)cc1[N+](=O)[O-]. The summed E-state index contributed by atoms with van der Waals surface area (Å²) in [4.78, 5) is 10.6. The zero-order chi connectivity index (χ0) is 18.3. The summed E-state index contributed by atoms with van der Waals surface area (Å²) >= 11 is 0. The average molecular weight is 356 g/mol. The van der Waals surface area contributed by atoms with Gasteiger partial charge in [-0.3, -0.25) is 15.5 Å². The highest BCUT2D eigenvalue weighted by atomic mass is 32.2. The number of hydrogen-bond acceptors (Lipinski definition) is 6. The van der Waals surface area contributed by atoms with Gasteiger partial charge in [-0.1, -0.05) is 27.7 Å². The lowest BCUT2D eigenvalue weighted by molar-refractivity contribution is -0.384. The van der Waals surface area contributed by atoms with Crippen molar-refractivity contribution in [2.24, 2.45) is 5.10 Å². The molecule has 8 nitrogen and oxygen atoms in total. The minimum absolute atomic E-state index is 0.0985. The summed E-state index contributed by atoms with van der Waals surface area (Å²) in [5.74, 6) is 0. The van der Waals surface area contributed by atoms with Crippen LogP contribution in [0.15, 0.2) is 28.2 Å². The molecule has 0 aliphatic heterocycles. The van der Waals surface area contributed by atoms with Crippen LogP contribution in [-0.4, -0.2) is 36.4 Å². The van der Waals surface area contributed by atoms with Crippen molar-refractivity contribution in [2.45, 2.75) is 45.4 Å². The first-order chi connectivity index (χ1) is 11.3. The Morgan fingerprint density at radius 3 is 2.25 bits per heavy atom. The van der Waals surface area contributed by atoms with Crippen LogP contribution in [0.1, 0.15) is 40.5 Å². The Balaban J connectivity index is 3.30. The summed E-state index contributed by atoms with van der Waals surface area (Å²) in [5, 5.41) is 15.4. The molecule has 9 heteroatoms. The van der Waals surface area contributed by atoms with E-state index in [0.717, 1.165) is 24.6 Å². The average Bonchev–Trinajstić information content (AvgIpc) is 2.56. The molecule has 0 unspecified atom stereocenters. The molecule has 0 spiro atoms. The van der Waals surface area contributed by atoms with Crippen molar-refractivity contribution < 1.29 is 13.3 Å². The second-order valence-corrected chi connectivity index (χ2v) is 6.96. The highest BCUT2D eigenvalue weighted by molar-refractivity contribution is 7.89. The number of sulfonamides is 1. The topological polar surface area (TPSA) is 105 Å². The molecular formula is C15H24N4O4S. The molecule has 24 heavy (non-hydrogen) atoms. The summed E-state index contributed by atoms with van der Waals surface area (Å²) in [6.45, 7) is 7.92. The van der Waals surface area contributed by atoms with E-state index in [-0.39, 0.29) is 16.3 Å². The number of hydrogen-bond donors (Lipinski definition) is 1. The second-order valence-electron chi connectivity index (χ2n) is 5.02. The van der Waals surface area contributed by atoms with Gasteiger partial charge < -0.3 is 0 Å². The van der Waals surface area contributed by atoms with Crippen LogP contribution in [0.4, 0.5) is 11.4 Å². The fourth-order valence-electron chi connectivity index (χ4n) is 2.18. The molecule has 1 N–H and O–H groups in total. The van der Waals surface area contributed by atoms with Gasteiger partial charge in [0.25, 0.3) is 5.69 Å². The van der Waals surface area contributed by atoms with Gasteiger partial charge >= 0.3 is 0 Å². The van der Waals surface area contributed by atoms with Crippen LogP contribution < -0.4 is 5.43 Å². The van der Waals surface area contributed by atoms with Gasteiger partial charge in [0.15, 0.2) is 0 Å². The van der Waals surface area contributed by atoms with Crippen LogP contribution in [0.5, 0.6) is 0 Å². The van der Waals surface area contributed by atoms with E-state index in [0.29, 0.717) is 13.1 Å². The Bertz CT molecular complexity index is 706. The van der Waals surface area contributed by atoms with Gasteiger partial charge in [-0.15, -0.1) is 0 Å². The lowest BCUT2D eigenvalue weighted by Crippen LogP contribution is -2.30. The maximum absolute atomic E-state index is 12.5. The summed E-state index contributed by atoms with van der Waals surface area (Å²) < 4.78 is 26.2. The summed E-state index contributed by atoms with van der Waals surface area (Å²) in [5.41, 5.74) is 3.38. The molecule has 0 aromatic heterocycles. The standard InChI is InChI=1S/C15H24N4O4S/c1-5-12(6-2)16-17-14-10-9-13(11-15(14)19(20)21)24(22,23)18(7-3)8-4/h9-11,17H,5-8H2,1-4H3. The number of benzene rings is 1. The molecule has 0 aliphatic rings. The van der Waals surface area contributed by atoms with Crippen LogP contribution >= 0.6 is 0 Å². The van der Waals surface area contributed by atoms with E-state index in [1.165, 1.54) is 16.4 Å². The van der Waals surface area contributed by atoms with Gasteiger partial charge in [-0.05, 0) is 25.0 Å². The number of nitro groups is 1. The van der Waals surface area contributed by atoms with Gasteiger partial charge in [-0.25, -0.2) is 8.42 Å². The Morgan fingerprint density at radius 2 is 1.79 bits per heavy atom. The van der Waals surface area contributed by atoms with Crippen LogP contribution in [0.25, 0.3) is 0 Å². The largest absolute Gasteiger partial charge is 0.295 e. The lowest BCUT2D eigenvalue weighted by Gasteiger charge is -2.18. The van der Waals surface area contributed by atoms with E-state index in [2.05, 4.69) is 10.5 Å². The molecule has 0 aliphatic carbocycles. The van der Waals surface area contributed by atoms with E-state index in [9.17, 15) is 18.5 Å². The molecular weight excluding hydrogens is 332 g/mol. The third-order valence-corrected chi connectivity index (χ3v) is 5.71. The maximum atomic E-state index is 12.5. The summed E-state index contributed by atoms with van der Waals surface area (Å²) in [6, 6.07) is 3.81. The van der Waals surface area contributed by atoms with Gasteiger partial charge in [0, 0.05) is 24.9 Å². The Labute approximate surface area is 142 Å². The number of rotatable bonds is 9. The molecule has 0 amide bonds. The van der Waals surface area contributed by atoms with Crippen molar-refractivity contribution in [2.75, 3.05) is 18.5 Å². The Hall–Kier alpha value is -2.00. The number of nitro benzene ring substituents is 1. The van der Waals surface area contributed by atoms with Crippen molar-refractivity contribution in [1.29, 1.82) is 0 Å². The van der Waals surface area contributed by atoms with E-state index >= 15 is 0 Å². The minimum atomic E-state index is -3.75. The number of nitrogens with zero attached hydrogens (tertiary/aromatic N) is 3. The quantitative estimate of drug-likeness (QED) is 0.415. The van der Waals surface area contributed by atoms with Crippen molar-refractivity contribution in [3.63, 3.8) is 0 Å². The fourth-order valence-corrected chi connectivity index (χ4v) is 3.66. The van der Waals surface area contributed by atoms with Gasteiger partial charge in [-0.2, -0.15) is 9.41 Å². The monoisotopic (exact) mass is 356 g/mol. The van der Waals surface area contributed by atoms with E-state index in [4.69, 9.17) is 0 Å². The van der Waals surface area contributed by atoms with E-state index in [1.54, 1.807) is 13.8 Å². The van der Waals surface area contributed by atoms with Crippen molar-refractivity contribution in [1.82, 2.24) is 4.31 Å². The number of nitrogens with one attached hydrogen (secondary N) is 1. The van der Waals surface area contributed by atoms with Crippen LogP contribution in [0.2, 0.25) is 0 Å². The molecule has 0 fully saturated rings. The zero-order valence-corrected chi connectivity index (χ0v) is 15.3. The molecule has 0 saturated carbocycles. The van der Waals surface area contributed by atoms with E-state index < -0.39 is 14.9 Å². The highest BCUT2D eigenvalue weighted by Crippen LogP contribution is 2.29. The molecule has 0 bridgehead atoms. The summed E-state index contributed by atoms with van der Waals surface area (Å²) in [7, 11) is -3.75. The predicted octanol–water partition coefficient (Wildman–Crippen LogP) is 3.21. The first kappa shape index (κ1) is 20.0. The van der Waals surface area contributed by atoms with Crippen LogP contribution in [-0.2, 0) is 10.0 Å². The Morgan fingerprint density at radius 1 is 1.21 bits per heavy atom. The molecule has 134 valence electrons. The van der Waals surface area contributed by atoms with Gasteiger partial charge in [0.2, 0.25) is 10.0 Å². The molecule has 0 radical (unpaired) electrons. The maximum Gasteiger partial charge on any atom is 0.295 e. The lowest BCUT2D eigenvalue weighted by atomic mass is 10.2. The first-order valence-corrected chi connectivity index (χ1v) is 9.35. The smallest absolute Gasteiger partial charge is 0.272 e. The van der Waals surface area contributed by atoms with Crippen molar-refractivity contribution in [3.05, 3.63) is 28.3 Å². The van der Waals surface area contributed by atoms with E-state index in [1.807, 2.05) is 13.8 Å². The minimum Gasteiger partial charge on any atom is -0.272 e. The molecule has 0 heterocycles. The zero-order valence-electron chi connectivity index (χ0n) is 14.4. The molecule has 1 aromatic rings. The summed E-state index contributed by atoms with van der Waals surface area (Å²) in [6.07, 6.45) is 1.46. The van der Waals surface area contributed by atoms with Crippen molar-refractivity contribution in [3.8, 4) is 0 Å². The second kappa shape index (κ2) is 8.74. The molecule has 1 rings (SSSR count). The van der Waals surface area contributed by atoms with Crippen molar-refractivity contribution >= 4 is 27.1 Å². The molecule has 1 aromatic carbocycles. The van der Waals surface area contributed by atoms with Gasteiger partial charge in [0.1, 0.15) is 5.69 Å². The molecule has 0 saturated heterocycles. The Kier molecular flexibility index (Phi) is 7.30. The van der Waals surface area contributed by atoms with Crippen LogP contribution in [0, 0.1) is 10.1 Å². The van der Waals surface area contributed by atoms with Crippen LogP contribution in [0.3, 0.4) is 0 Å². The normalized spacial score (nSPS) is 11.4. The van der Waals surface area contributed by atoms with Gasteiger partial charge in [0.05, 0.1) is 9.82 Å². The third kappa shape index (κ3) is 4.51.